The Bertz CT molecular complexity index is 607. The number of rotatable bonds is 21. The number of aliphatic hydroxyl groups excluding tert-OH is 3. The van der Waals surface area contributed by atoms with Crippen LogP contribution in [-0.4, -0.2) is 72.8 Å². The molecule has 0 rings (SSSR count). The number of aliphatic hydroxyl groups is 3. The maximum Gasteiger partial charge on any atom is 0.245 e. The number of unbranched alkanes of at least 4 members (excludes halogenated alkanes) is 6. The van der Waals surface area contributed by atoms with Gasteiger partial charge in [-0.15, -0.1) is 0 Å². The van der Waals surface area contributed by atoms with Gasteiger partial charge in [0.05, 0.1) is 12.8 Å². The van der Waals surface area contributed by atoms with Crippen LogP contribution < -0.4 is 0 Å². The molecule has 6 atom stereocenters. The van der Waals surface area contributed by atoms with Gasteiger partial charge in [-0.05, 0) is 19.3 Å². The van der Waals surface area contributed by atoms with Gasteiger partial charge in [-0.25, -0.2) is 0 Å². The van der Waals surface area contributed by atoms with Crippen LogP contribution in [0.2, 0.25) is 0 Å². The molecule has 0 aliphatic heterocycles. The minimum Gasteiger partial charge on any atom is -0.386 e. The van der Waals surface area contributed by atoms with E-state index in [4.69, 9.17) is 0 Å². The summed E-state index contributed by atoms with van der Waals surface area (Å²) < 4.78 is 0. The zero-order valence-electron chi connectivity index (χ0n) is 19.1. The third-order valence-electron chi connectivity index (χ3n) is 5.79. The van der Waals surface area contributed by atoms with Gasteiger partial charge in [-0.3, -0.25) is 30.3 Å². The Labute approximate surface area is 192 Å². The Hall–Kier alpha value is -2.25. The topological polar surface area (TPSA) is 207 Å². The second-order valence-corrected chi connectivity index (χ2v) is 8.39. The quantitative estimate of drug-likeness (QED) is 0.0942. The van der Waals surface area contributed by atoms with E-state index < -0.39 is 64.0 Å². The third-order valence-corrected chi connectivity index (χ3v) is 5.79. The van der Waals surface area contributed by atoms with Gasteiger partial charge in [0.1, 0.15) is 24.6 Å². The van der Waals surface area contributed by atoms with E-state index in [2.05, 4.69) is 6.92 Å². The Kier molecular flexibility index (Phi) is 16.1. The summed E-state index contributed by atoms with van der Waals surface area (Å²) in [6, 6.07) is -5.38. The minimum absolute atomic E-state index is 0.0720. The SMILES string of the molecule is CCCCCCCCC(O)C(CC(C(O)CC(C(O)CCCC=O)[N+](=O)[O-])[N+](=O)[O-])[N+](=O)[O-]. The van der Waals surface area contributed by atoms with Crippen molar-refractivity contribution in [3.05, 3.63) is 30.3 Å². The van der Waals surface area contributed by atoms with Crippen LogP contribution in [0.5, 0.6) is 0 Å². The average Bonchev–Trinajstić information content (AvgIpc) is 2.73. The Morgan fingerprint density at radius 2 is 1.09 bits per heavy atom. The lowest BCUT2D eigenvalue weighted by Crippen LogP contribution is -2.46. The van der Waals surface area contributed by atoms with Crippen molar-refractivity contribution < 1.29 is 34.9 Å². The summed E-state index contributed by atoms with van der Waals surface area (Å²) in [6.45, 7) is 2.06. The summed E-state index contributed by atoms with van der Waals surface area (Å²) in [5, 5.41) is 64.8. The summed E-state index contributed by atoms with van der Waals surface area (Å²) in [5.74, 6) is 0. The van der Waals surface area contributed by atoms with E-state index in [1.54, 1.807) is 0 Å². The summed E-state index contributed by atoms with van der Waals surface area (Å²) in [7, 11) is 0. The van der Waals surface area contributed by atoms with Crippen molar-refractivity contribution in [1.29, 1.82) is 0 Å². The zero-order chi connectivity index (χ0) is 25.4. The van der Waals surface area contributed by atoms with Crippen LogP contribution in [0.15, 0.2) is 0 Å². The summed E-state index contributed by atoms with van der Waals surface area (Å²) in [6.07, 6.45) is -0.442. The molecule has 0 aromatic carbocycles. The molecule has 33 heavy (non-hydrogen) atoms. The lowest BCUT2D eigenvalue weighted by atomic mass is 9.91. The zero-order valence-corrected chi connectivity index (χ0v) is 19.1. The predicted molar refractivity (Wildman–Crippen MR) is 118 cm³/mol. The van der Waals surface area contributed by atoms with E-state index in [1.165, 1.54) is 0 Å². The molecule has 0 aliphatic carbocycles. The van der Waals surface area contributed by atoms with Crippen LogP contribution in [0.1, 0.15) is 84.0 Å². The number of nitro groups is 3. The largest absolute Gasteiger partial charge is 0.386 e. The molecule has 0 heterocycles. The molecule has 0 bridgehead atoms. The minimum atomic E-state index is -1.94. The predicted octanol–water partition coefficient (Wildman–Crippen LogP) is 1.90. The maximum absolute atomic E-state index is 11.5. The van der Waals surface area contributed by atoms with Crippen molar-refractivity contribution in [2.45, 2.75) is 120 Å². The normalized spacial score (nSPS) is 16.8. The van der Waals surface area contributed by atoms with Gasteiger partial charge in [-0.2, -0.15) is 0 Å². The molecular weight excluding hydrogens is 442 g/mol. The second-order valence-electron chi connectivity index (χ2n) is 8.39. The first-order chi connectivity index (χ1) is 15.6. The van der Waals surface area contributed by atoms with E-state index in [1.807, 2.05) is 0 Å². The number of aldehydes is 1. The Morgan fingerprint density at radius 3 is 1.58 bits per heavy atom. The van der Waals surface area contributed by atoms with Crippen molar-refractivity contribution in [1.82, 2.24) is 0 Å². The van der Waals surface area contributed by atoms with E-state index in [0.29, 0.717) is 12.7 Å². The van der Waals surface area contributed by atoms with Crippen LogP contribution in [0.4, 0.5) is 0 Å². The van der Waals surface area contributed by atoms with Gasteiger partial charge in [0, 0.05) is 21.2 Å². The van der Waals surface area contributed by atoms with Crippen molar-refractivity contribution in [3.63, 3.8) is 0 Å². The third kappa shape index (κ3) is 12.5. The van der Waals surface area contributed by atoms with Gasteiger partial charge in [0.2, 0.25) is 18.1 Å². The monoisotopic (exact) mass is 479 g/mol. The van der Waals surface area contributed by atoms with Gasteiger partial charge >= 0.3 is 0 Å². The average molecular weight is 480 g/mol. The number of hydrogen-bond acceptors (Lipinski definition) is 10. The van der Waals surface area contributed by atoms with Crippen molar-refractivity contribution in [2.24, 2.45) is 0 Å². The first-order valence-corrected chi connectivity index (χ1v) is 11.4. The molecule has 0 spiro atoms. The fourth-order valence-corrected chi connectivity index (χ4v) is 3.73. The highest BCUT2D eigenvalue weighted by Gasteiger charge is 2.44. The molecule has 13 heteroatoms. The second kappa shape index (κ2) is 17.3. The van der Waals surface area contributed by atoms with Crippen LogP contribution >= 0.6 is 0 Å². The van der Waals surface area contributed by atoms with Crippen LogP contribution in [0.3, 0.4) is 0 Å². The first kappa shape index (κ1) is 30.8. The fraction of sp³-hybridized carbons (Fsp3) is 0.950. The lowest BCUT2D eigenvalue weighted by molar-refractivity contribution is -0.578. The summed E-state index contributed by atoms with van der Waals surface area (Å²) in [5.41, 5.74) is 0. The standard InChI is InChI=1S/C20H37N3O10/c1-2-3-4-5-6-7-10-18(25)15(21(28)29)13-16(22(30)31)20(27)14-17(23(32)33)19(26)11-8-9-12-24/h12,15-20,25-27H,2-11,13-14H2,1H3. The molecule has 0 fully saturated rings. The van der Waals surface area contributed by atoms with E-state index in [0.717, 1.165) is 32.1 Å². The molecule has 0 saturated heterocycles. The molecule has 192 valence electrons. The lowest BCUT2D eigenvalue weighted by Gasteiger charge is -2.23. The van der Waals surface area contributed by atoms with Gasteiger partial charge < -0.3 is 20.1 Å². The van der Waals surface area contributed by atoms with E-state index >= 15 is 0 Å². The molecule has 0 aliphatic rings. The highest BCUT2D eigenvalue weighted by atomic mass is 16.6. The molecular formula is C20H37N3O10. The Balaban J connectivity index is 5.10. The molecule has 3 N–H and O–H groups in total. The molecule has 0 saturated carbocycles. The van der Waals surface area contributed by atoms with Gasteiger partial charge in [-0.1, -0.05) is 45.4 Å². The smallest absolute Gasteiger partial charge is 0.245 e. The first-order valence-electron chi connectivity index (χ1n) is 11.4. The van der Waals surface area contributed by atoms with Crippen molar-refractivity contribution >= 4 is 6.29 Å². The highest BCUT2D eigenvalue weighted by Crippen LogP contribution is 2.21. The van der Waals surface area contributed by atoms with Crippen LogP contribution in [0.25, 0.3) is 0 Å². The van der Waals surface area contributed by atoms with Crippen molar-refractivity contribution in [3.8, 4) is 0 Å². The molecule has 6 unspecified atom stereocenters. The molecule has 0 aromatic rings. The highest BCUT2D eigenvalue weighted by molar-refractivity contribution is 5.48. The summed E-state index contributed by atoms with van der Waals surface area (Å²) >= 11 is 0. The molecule has 0 radical (unpaired) electrons. The fourth-order valence-electron chi connectivity index (χ4n) is 3.73. The number of hydrogen-bond donors (Lipinski definition) is 3. The van der Waals surface area contributed by atoms with Crippen molar-refractivity contribution in [2.75, 3.05) is 0 Å². The molecule has 0 amide bonds. The van der Waals surface area contributed by atoms with E-state index in [9.17, 15) is 50.5 Å². The molecule has 0 aromatic heterocycles. The van der Waals surface area contributed by atoms with Crippen LogP contribution in [0, 0.1) is 30.3 Å². The van der Waals surface area contributed by atoms with Gasteiger partial charge in [0.15, 0.2) is 0 Å². The number of carbonyl (C=O) groups excluding carboxylic acids is 1. The van der Waals surface area contributed by atoms with E-state index in [-0.39, 0.29) is 25.7 Å². The summed E-state index contributed by atoms with van der Waals surface area (Å²) in [4.78, 5) is 41.9. The number of nitrogens with zero attached hydrogens (tertiary/aromatic N) is 3. The van der Waals surface area contributed by atoms with Crippen LogP contribution in [-0.2, 0) is 4.79 Å². The Morgan fingerprint density at radius 1 is 0.667 bits per heavy atom. The molecule has 13 nitrogen and oxygen atoms in total. The number of carbonyl (C=O) groups is 1. The van der Waals surface area contributed by atoms with Gasteiger partial charge in [0.25, 0.3) is 0 Å². The maximum atomic E-state index is 11.5.